The first-order chi connectivity index (χ1) is 13.1. The van der Waals surface area contributed by atoms with Gasteiger partial charge in [0.15, 0.2) is 0 Å². The van der Waals surface area contributed by atoms with Gasteiger partial charge in [0.2, 0.25) is 5.91 Å². The van der Waals surface area contributed by atoms with Gasteiger partial charge in [-0.25, -0.2) is 14.2 Å². The van der Waals surface area contributed by atoms with Crippen LogP contribution in [0.4, 0.5) is 9.18 Å². The molecule has 0 unspecified atom stereocenters. The summed E-state index contributed by atoms with van der Waals surface area (Å²) in [5, 5.41) is 0.130. The Morgan fingerprint density at radius 3 is 2.43 bits per heavy atom. The molecule has 0 bridgehead atoms. The number of fused-ring (bicyclic) bond motifs is 1. The van der Waals surface area contributed by atoms with Gasteiger partial charge in [0.1, 0.15) is 18.0 Å². The summed E-state index contributed by atoms with van der Waals surface area (Å²) in [5.41, 5.74) is -0.667. The fourth-order valence-corrected chi connectivity index (χ4v) is 2.95. The molecular weight excluding hydrogens is 367 g/mol. The maximum Gasteiger partial charge on any atom is 0.410 e. The molecule has 1 aromatic heterocycles. The number of nitrogens with zero attached hydrogens (tertiary/aromatic N) is 4. The molecule has 150 valence electrons. The van der Waals surface area contributed by atoms with E-state index in [0.717, 1.165) is 6.07 Å². The summed E-state index contributed by atoms with van der Waals surface area (Å²) >= 11 is 0. The molecule has 1 fully saturated rings. The summed E-state index contributed by atoms with van der Waals surface area (Å²) in [4.78, 5) is 44.4. The number of carbonyl (C=O) groups is 2. The van der Waals surface area contributed by atoms with Gasteiger partial charge < -0.3 is 14.5 Å². The maximum absolute atomic E-state index is 13.4. The first-order valence-corrected chi connectivity index (χ1v) is 9.04. The maximum atomic E-state index is 13.4. The standard InChI is InChI=1S/C19H23FN4O4/c1-19(2,3)28-18(27)23-8-6-22(7-9-23)16(25)11-24-12-21-15-5-4-13(20)10-14(15)17(24)26/h4-5,10,12H,6-9,11H2,1-3H3. The first kappa shape index (κ1) is 19.8. The highest BCUT2D eigenvalue weighted by Crippen LogP contribution is 2.12. The molecule has 1 aliphatic heterocycles. The van der Waals surface area contributed by atoms with E-state index in [1.54, 1.807) is 30.6 Å². The van der Waals surface area contributed by atoms with Crippen LogP contribution in [0, 0.1) is 5.82 Å². The van der Waals surface area contributed by atoms with Crippen LogP contribution in [0.25, 0.3) is 10.9 Å². The fourth-order valence-electron chi connectivity index (χ4n) is 2.95. The van der Waals surface area contributed by atoms with Gasteiger partial charge in [0.05, 0.1) is 17.2 Å². The molecule has 0 aliphatic carbocycles. The molecule has 1 aliphatic rings. The van der Waals surface area contributed by atoms with Gasteiger partial charge in [-0.1, -0.05) is 0 Å². The molecule has 0 saturated carbocycles. The molecule has 0 radical (unpaired) electrons. The van der Waals surface area contributed by atoms with E-state index < -0.39 is 23.1 Å². The Morgan fingerprint density at radius 2 is 1.79 bits per heavy atom. The molecule has 28 heavy (non-hydrogen) atoms. The summed E-state index contributed by atoms with van der Waals surface area (Å²) in [6, 6.07) is 3.77. The van der Waals surface area contributed by atoms with Crippen molar-refractivity contribution < 1.29 is 18.7 Å². The van der Waals surface area contributed by atoms with Crippen molar-refractivity contribution in [2.24, 2.45) is 0 Å². The number of halogens is 1. The number of amides is 2. The summed E-state index contributed by atoms with van der Waals surface area (Å²) in [5.74, 6) is -0.794. The van der Waals surface area contributed by atoms with Crippen molar-refractivity contribution in [1.29, 1.82) is 0 Å². The monoisotopic (exact) mass is 390 g/mol. The Balaban J connectivity index is 1.64. The molecule has 0 atom stereocenters. The van der Waals surface area contributed by atoms with Gasteiger partial charge in [0.25, 0.3) is 5.56 Å². The lowest BCUT2D eigenvalue weighted by Crippen LogP contribution is -2.52. The Bertz CT molecular complexity index is 959. The van der Waals surface area contributed by atoms with E-state index in [9.17, 15) is 18.8 Å². The Labute approximate surface area is 161 Å². The highest BCUT2D eigenvalue weighted by atomic mass is 19.1. The third-order valence-electron chi connectivity index (χ3n) is 4.38. The van der Waals surface area contributed by atoms with Crippen LogP contribution in [0.15, 0.2) is 29.3 Å². The molecule has 2 amide bonds. The van der Waals surface area contributed by atoms with Gasteiger partial charge in [-0.15, -0.1) is 0 Å². The average molecular weight is 390 g/mol. The molecule has 9 heteroatoms. The number of ether oxygens (including phenoxy) is 1. The van der Waals surface area contributed by atoms with Crippen LogP contribution in [0.3, 0.4) is 0 Å². The van der Waals surface area contributed by atoms with E-state index in [1.807, 2.05) is 0 Å². The molecule has 2 heterocycles. The summed E-state index contributed by atoms with van der Waals surface area (Å²) < 4.78 is 19.9. The zero-order chi connectivity index (χ0) is 20.5. The van der Waals surface area contributed by atoms with Crippen molar-refractivity contribution in [3.8, 4) is 0 Å². The van der Waals surface area contributed by atoms with E-state index in [4.69, 9.17) is 4.74 Å². The van der Waals surface area contributed by atoms with Crippen LogP contribution in [0.2, 0.25) is 0 Å². The third-order valence-corrected chi connectivity index (χ3v) is 4.38. The van der Waals surface area contributed by atoms with Crippen molar-refractivity contribution >= 4 is 22.9 Å². The largest absolute Gasteiger partial charge is 0.444 e. The number of piperazine rings is 1. The van der Waals surface area contributed by atoms with Gasteiger partial charge >= 0.3 is 6.09 Å². The van der Waals surface area contributed by atoms with Crippen LogP contribution < -0.4 is 5.56 Å². The van der Waals surface area contributed by atoms with Crippen LogP contribution in [0.5, 0.6) is 0 Å². The Morgan fingerprint density at radius 1 is 1.14 bits per heavy atom. The normalized spacial score (nSPS) is 15.0. The van der Waals surface area contributed by atoms with Crippen LogP contribution in [-0.2, 0) is 16.1 Å². The molecule has 3 rings (SSSR count). The minimum absolute atomic E-state index is 0.130. The lowest BCUT2D eigenvalue weighted by atomic mass is 10.2. The summed E-state index contributed by atoms with van der Waals surface area (Å²) in [6.45, 7) is 6.62. The van der Waals surface area contributed by atoms with Crippen molar-refractivity contribution in [2.75, 3.05) is 26.2 Å². The average Bonchev–Trinajstić information content (AvgIpc) is 2.63. The third kappa shape index (κ3) is 4.47. The van der Waals surface area contributed by atoms with Crippen LogP contribution >= 0.6 is 0 Å². The highest BCUT2D eigenvalue weighted by Gasteiger charge is 2.27. The summed E-state index contributed by atoms with van der Waals surface area (Å²) in [6.07, 6.45) is 0.883. The molecule has 2 aromatic rings. The second-order valence-electron chi connectivity index (χ2n) is 7.69. The minimum Gasteiger partial charge on any atom is -0.444 e. The number of hydrogen-bond acceptors (Lipinski definition) is 5. The van der Waals surface area contributed by atoms with E-state index in [2.05, 4.69) is 4.98 Å². The number of carbonyl (C=O) groups excluding carboxylic acids is 2. The van der Waals surface area contributed by atoms with E-state index in [-0.39, 0.29) is 17.8 Å². The van der Waals surface area contributed by atoms with Crippen molar-refractivity contribution in [2.45, 2.75) is 32.9 Å². The molecule has 0 N–H and O–H groups in total. The number of rotatable bonds is 2. The number of aromatic nitrogens is 2. The minimum atomic E-state index is -0.576. The van der Waals surface area contributed by atoms with Gasteiger partial charge in [-0.2, -0.15) is 0 Å². The van der Waals surface area contributed by atoms with Gasteiger partial charge in [0, 0.05) is 26.2 Å². The first-order valence-electron chi connectivity index (χ1n) is 9.04. The fraction of sp³-hybridized carbons (Fsp3) is 0.474. The number of benzene rings is 1. The second-order valence-corrected chi connectivity index (χ2v) is 7.69. The molecular formula is C19H23FN4O4. The predicted octanol–water partition coefficient (Wildman–Crippen LogP) is 1.61. The second kappa shape index (κ2) is 7.57. The quantitative estimate of drug-likeness (QED) is 0.778. The number of hydrogen-bond donors (Lipinski definition) is 0. The van der Waals surface area contributed by atoms with Crippen molar-refractivity contribution in [3.05, 3.63) is 40.7 Å². The predicted molar refractivity (Wildman–Crippen MR) is 100 cm³/mol. The zero-order valence-electron chi connectivity index (χ0n) is 16.1. The molecule has 8 nitrogen and oxygen atoms in total. The Hall–Kier alpha value is -2.97. The van der Waals surface area contributed by atoms with E-state index in [0.29, 0.717) is 31.7 Å². The van der Waals surface area contributed by atoms with Crippen molar-refractivity contribution in [3.63, 3.8) is 0 Å². The van der Waals surface area contributed by atoms with Gasteiger partial charge in [-0.05, 0) is 39.0 Å². The van der Waals surface area contributed by atoms with Crippen LogP contribution in [0.1, 0.15) is 20.8 Å². The topological polar surface area (TPSA) is 84.7 Å². The zero-order valence-corrected chi connectivity index (χ0v) is 16.1. The van der Waals surface area contributed by atoms with Crippen LogP contribution in [-0.4, -0.2) is 63.1 Å². The van der Waals surface area contributed by atoms with Gasteiger partial charge in [-0.3, -0.25) is 14.2 Å². The van der Waals surface area contributed by atoms with E-state index in [1.165, 1.54) is 23.0 Å². The van der Waals surface area contributed by atoms with Crippen molar-refractivity contribution in [1.82, 2.24) is 19.4 Å². The molecule has 0 spiro atoms. The Kier molecular flexibility index (Phi) is 5.35. The molecule has 1 saturated heterocycles. The highest BCUT2D eigenvalue weighted by molar-refractivity contribution is 5.79. The lowest BCUT2D eigenvalue weighted by Gasteiger charge is -2.35. The lowest BCUT2D eigenvalue weighted by molar-refractivity contribution is -0.133. The van der Waals surface area contributed by atoms with E-state index >= 15 is 0 Å². The summed E-state index contributed by atoms with van der Waals surface area (Å²) in [7, 11) is 0. The smallest absolute Gasteiger partial charge is 0.410 e. The SMILES string of the molecule is CC(C)(C)OC(=O)N1CCN(C(=O)Cn2cnc3ccc(F)cc3c2=O)CC1. The molecule has 1 aromatic carbocycles.